The van der Waals surface area contributed by atoms with Crippen LogP contribution in [0.25, 0.3) is 5.57 Å². The Hall–Kier alpha value is -3.11. The first-order valence-corrected chi connectivity index (χ1v) is 12.4. The number of hydrogen-bond donors (Lipinski definition) is 1. The van der Waals surface area contributed by atoms with Crippen LogP contribution in [0.15, 0.2) is 60.4 Å². The first kappa shape index (κ1) is 26.9. The minimum atomic E-state index is -5.00. The van der Waals surface area contributed by atoms with E-state index in [1.54, 1.807) is 46.1 Å². The molecule has 2 aromatic rings. The van der Waals surface area contributed by atoms with Gasteiger partial charge in [0.05, 0.1) is 5.69 Å². The number of rotatable bonds is 7. The van der Waals surface area contributed by atoms with Crippen LogP contribution in [0, 0.1) is 6.92 Å². The predicted octanol–water partition coefficient (Wildman–Crippen LogP) is 4.92. The Morgan fingerprint density at radius 2 is 1.95 bits per heavy atom. The zero-order chi connectivity index (χ0) is 26.6. The Kier molecular flexibility index (Phi) is 8.08. The molecule has 11 heteroatoms. The molecule has 1 aromatic heterocycles. The van der Waals surface area contributed by atoms with Crippen molar-refractivity contribution < 1.29 is 27.5 Å². The normalized spacial score (nSPS) is 22.3. The lowest BCUT2D eigenvalue weighted by molar-refractivity contribution is -0.342. The van der Waals surface area contributed by atoms with Gasteiger partial charge < -0.3 is 10.2 Å². The average molecular weight is 537 g/mol. The number of hydrogen-bond acceptors (Lipinski definition) is 4. The molecule has 0 radical (unpaired) electrons. The Labute approximate surface area is 217 Å². The van der Waals surface area contributed by atoms with E-state index in [2.05, 4.69) is 15.2 Å². The van der Waals surface area contributed by atoms with E-state index in [9.17, 15) is 22.8 Å². The van der Waals surface area contributed by atoms with Crippen molar-refractivity contribution in [2.45, 2.75) is 63.0 Å². The molecule has 4 rings (SSSR count). The second kappa shape index (κ2) is 11.1. The summed E-state index contributed by atoms with van der Waals surface area (Å²) in [4.78, 5) is 27.7. The van der Waals surface area contributed by atoms with Gasteiger partial charge in [0.15, 0.2) is 5.06 Å². The summed E-state index contributed by atoms with van der Waals surface area (Å²) in [7, 11) is 0. The number of benzene rings is 1. The maximum absolute atomic E-state index is 13.3. The second-order valence-electron chi connectivity index (χ2n) is 9.15. The molecule has 1 aromatic carbocycles. The van der Waals surface area contributed by atoms with Gasteiger partial charge in [-0.1, -0.05) is 48.0 Å². The summed E-state index contributed by atoms with van der Waals surface area (Å²) in [5.41, 5.74) is 1.62. The van der Waals surface area contributed by atoms with Gasteiger partial charge in [0.2, 0.25) is 11.8 Å². The van der Waals surface area contributed by atoms with Crippen LogP contribution in [-0.4, -0.2) is 50.5 Å². The zero-order valence-corrected chi connectivity index (χ0v) is 21.1. The topological polar surface area (TPSA) is 76.5 Å². The second-order valence-corrected chi connectivity index (χ2v) is 9.76. The molecule has 2 atom stereocenters. The molecular formula is C26H28ClF3N4O3. The number of allylic oxidation sites excluding steroid dienone is 2. The molecule has 0 bridgehead atoms. The fourth-order valence-electron chi connectivity index (χ4n) is 4.68. The van der Waals surface area contributed by atoms with Crippen LogP contribution in [0.5, 0.6) is 0 Å². The molecule has 198 valence electrons. The van der Waals surface area contributed by atoms with Crippen molar-refractivity contribution in [3.63, 3.8) is 0 Å². The highest BCUT2D eigenvalue weighted by molar-refractivity contribution is 6.29. The number of halogens is 4. The molecule has 7 nitrogen and oxygen atoms in total. The highest BCUT2D eigenvalue weighted by atomic mass is 35.5. The fraction of sp³-hybridized carbons (Fsp3) is 0.423. The Bertz CT molecular complexity index is 1200. The van der Waals surface area contributed by atoms with E-state index in [0.29, 0.717) is 25.1 Å². The molecule has 37 heavy (non-hydrogen) atoms. The summed E-state index contributed by atoms with van der Waals surface area (Å²) in [6.07, 6.45) is 1.49. The first-order chi connectivity index (χ1) is 17.5. The number of nitrogens with zero attached hydrogens (tertiary/aromatic N) is 3. The van der Waals surface area contributed by atoms with Gasteiger partial charge in [-0.15, -0.1) is 13.2 Å². The van der Waals surface area contributed by atoms with Crippen molar-refractivity contribution in [2.24, 2.45) is 0 Å². The zero-order valence-electron chi connectivity index (χ0n) is 20.3. The largest absolute Gasteiger partial charge is 0.524 e. The third-order valence-electron chi connectivity index (χ3n) is 6.37. The van der Waals surface area contributed by atoms with Crippen LogP contribution < -0.4 is 5.32 Å². The fourth-order valence-corrected chi connectivity index (χ4v) is 5.09. The molecule has 1 fully saturated rings. The Morgan fingerprint density at radius 3 is 2.62 bits per heavy atom. The van der Waals surface area contributed by atoms with Crippen molar-refractivity contribution in [3.05, 3.63) is 71.7 Å². The summed E-state index contributed by atoms with van der Waals surface area (Å²) < 4.78 is 45.9. The SMILES string of the molecule is Cc1ccn(CCC(=O)N2CCCC[C@@H]2C(=O)NC2=CC=C(c3ccccc3)C(Cl)(OC(F)(F)F)C2)n1. The van der Waals surface area contributed by atoms with E-state index < -0.39 is 29.8 Å². The lowest BCUT2D eigenvalue weighted by Gasteiger charge is -2.37. The van der Waals surface area contributed by atoms with Gasteiger partial charge in [0, 0.05) is 43.4 Å². The molecule has 0 spiro atoms. The summed E-state index contributed by atoms with van der Waals surface area (Å²) in [6, 6.07) is 9.49. The van der Waals surface area contributed by atoms with Crippen molar-refractivity contribution in [1.82, 2.24) is 20.0 Å². The van der Waals surface area contributed by atoms with Gasteiger partial charge in [-0.3, -0.25) is 19.0 Å². The molecule has 2 heterocycles. The van der Waals surface area contributed by atoms with Gasteiger partial charge in [-0.2, -0.15) is 5.10 Å². The number of piperidine rings is 1. The molecule has 0 saturated carbocycles. The van der Waals surface area contributed by atoms with E-state index in [1.165, 1.54) is 12.2 Å². The van der Waals surface area contributed by atoms with E-state index >= 15 is 0 Å². The Balaban J connectivity index is 1.48. The number of likely N-dealkylation sites (tertiary alicyclic amines) is 1. The minimum Gasteiger partial charge on any atom is -0.331 e. The quantitative estimate of drug-likeness (QED) is 0.510. The summed E-state index contributed by atoms with van der Waals surface area (Å²) in [5.74, 6) is -0.638. The third kappa shape index (κ3) is 6.81. The van der Waals surface area contributed by atoms with Gasteiger partial charge >= 0.3 is 6.36 Å². The summed E-state index contributed by atoms with van der Waals surface area (Å²) in [6.45, 7) is 2.68. The molecule has 2 amide bonds. The lowest BCUT2D eigenvalue weighted by atomic mass is 9.92. The van der Waals surface area contributed by atoms with E-state index in [1.807, 2.05) is 13.0 Å². The third-order valence-corrected chi connectivity index (χ3v) is 6.79. The van der Waals surface area contributed by atoms with E-state index in [-0.39, 0.29) is 23.6 Å². The van der Waals surface area contributed by atoms with E-state index in [0.717, 1.165) is 18.5 Å². The van der Waals surface area contributed by atoms with Crippen molar-refractivity contribution >= 4 is 29.0 Å². The average Bonchev–Trinajstić information content (AvgIpc) is 3.26. The predicted molar refractivity (Wildman–Crippen MR) is 132 cm³/mol. The lowest BCUT2D eigenvalue weighted by Crippen LogP contribution is -2.52. The van der Waals surface area contributed by atoms with Crippen LogP contribution in [0.4, 0.5) is 13.2 Å². The number of aromatic nitrogens is 2. The molecule has 1 unspecified atom stereocenters. The van der Waals surface area contributed by atoms with Crippen LogP contribution in [0.1, 0.15) is 43.4 Å². The number of carbonyl (C=O) groups excluding carboxylic acids is 2. The Morgan fingerprint density at radius 1 is 1.19 bits per heavy atom. The van der Waals surface area contributed by atoms with Crippen LogP contribution in [-0.2, 0) is 20.9 Å². The molecule has 2 aliphatic rings. The van der Waals surface area contributed by atoms with Gasteiger partial charge in [-0.25, -0.2) is 0 Å². The van der Waals surface area contributed by atoms with Crippen LogP contribution in [0.3, 0.4) is 0 Å². The van der Waals surface area contributed by atoms with Gasteiger partial charge in [0.1, 0.15) is 6.04 Å². The monoisotopic (exact) mass is 536 g/mol. The van der Waals surface area contributed by atoms with Gasteiger partial charge in [0.25, 0.3) is 0 Å². The first-order valence-electron chi connectivity index (χ1n) is 12.1. The van der Waals surface area contributed by atoms with Crippen molar-refractivity contribution in [1.29, 1.82) is 0 Å². The highest BCUT2D eigenvalue weighted by Crippen LogP contribution is 2.45. The molecule has 1 saturated heterocycles. The van der Waals surface area contributed by atoms with Crippen LogP contribution >= 0.6 is 11.6 Å². The van der Waals surface area contributed by atoms with E-state index in [4.69, 9.17) is 11.6 Å². The van der Waals surface area contributed by atoms with Crippen molar-refractivity contribution in [3.8, 4) is 0 Å². The number of amides is 2. The number of nitrogens with one attached hydrogen (secondary N) is 1. The number of ether oxygens (including phenoxy) is 1. The standard InChI is InChI=1S/C26H28ClF3N4O3/c1-18-12-15-33(32-18)16-13-23(35)34-14-6-5-9-22(34)24(36)31-20-10-11-21(19-7-3-2-4-8-19)25(27,17-20)37-26(28,29)30/h2-4,7-8,10-12,15,22H,5-6,9,13-14,16-17H2,1H3,(H,31,36)/t22-,25?/m1/s1. The summed E-state index contributed by atoms with van der Waals surface area (Å²) >= 11 is 6.43. The maximum atomic E-state index is 13.3. The number of alkyl halides is 4. The van der Waals surface area contributed by atoms with Crippen LogP contribution in [0.2, 0.25) is 0 Å². The smallest absolute Gasteiger partial charge is 0.331 e. The molecule has 1 aliphatic heterocycles. The molecule has 1 N–H and O–H groups in total. The molecule has 1 aliphatic carbocycles. The number of aryl methyl sites for hydroxylation is 2. The number of carbonyl (C=O) groups is 2. The summed E-state index contributed by atoms with van der Waals surface area (Å²) in [5, 5.41) is 4.71. The maximum Gasteiger partial charge on any atom is 0.524 e. The molecular weight excluding hydrogens is 509 g/mol. The van der Waals surface area contributed by atoms with Crippen molar-refractivity contribution in [2.75, 3.05) is 6.54 Å². The highest BCUT2D eigenvalue weighted by Gasteiger charge is 2.47. The van der Waals surface area contributed by atoms with Gasteiger partial charge in [-0.05, 0) is 43.9 Å². The minimum absolute atomic E-state index is 0.133.